The number of hydrogen-bond acceptors (Lipinski definition) is 3. The molecule has 2 fully saturated rings. The highest BCUT2D eigenvalue weighted by molar-refractivity contribution is 7.89. The van der Waals surface area contributed by atoms with Crippen molar-refractivity contribution in [2.45, 2.75) is 44.6 Å². The summed E-state index contributed by atoms with van der Waals surface area (Å²) in [6, 6.07) is 0.0573. The van der Waals surface area contributed by atoms with Gasteiger partial charge in [-0.15, -0.1) is 0 Å². The molecule has 1 heterocycles. The molecule has 0 aromatic heterocycles. The molecule has 2 aliphatic rings. The largest absolute Gasteiger partial charge is 0.480 e. The Bertz CT molecular complexity index is 386. The lowest BCUT2D eigenvalue weighted by Crippen LogP contribution is -2.42. The van der Waals surface area contributed by atoms with E-state index in [-0.39, 0.29) is 6.04 Å². The summed E-state index contributed by atoms with van der Waals surface area (Å²) >= 11 is 0. The van der Waals surface area contributed by atoms with E-state index in [0.29, 0.717) is 12.5 Å². The topological polar surface area (TPSA) is 74.7 Å². The van der Waals surface area contributed by atoms with Gasteiger partial charge in [0.2, 0.25) is 10.0 Å². The van der Waals surface area contributed by atoms with Crippen LogP contribution in [0.2, 0.25) is 0 Å². The molecule has 0 amide bonds. The second-order valence-corrected chi connectivity index (χ2v) is 6.94. The maximum Gasteiger partial charge on any atom is 0.320 e. The summed E-state index contributed by atoms with van der Waals surface area (Å²) in [6.07, 6.45) is 6.28. The quantitative estimate of drug-likeness (QED) is 0.821. The molecule has 1 aliphatic carbocycles. The Morgan fingerprint density at radius 3 is 2.41 bits per heavy atom. The van der Waals surface area contributed by atoms with Crippen molar-refractivity contribution >= 4 is 16.0 Å². The minimum Gasteiger partial charge on any atom is -0.480 e. The summed E-state index contributed by atoms with van der Waals surface area (Å²) in [4.78, 5) is 10.6. The van der Waals surface area contributed by atoms with Crippen LogP contribution in [-0.2, 0) is 14.8 Å². The summed E-state index contributed by atoms with van der Waals surface area (Å²) in [6.45, 7) is 0.497. The molecule has 1 aliphatic heterocycles. The molecule has 1 atom stereocenters. The normalized spacial score (nSPS) is 27.6. The smallest absolute Gasteiger partial charge is 0.320 e. The average molecular weight is 261 g/mol. The fourth-order valence-corrected chi connectivity index (χ4v) is 4.74. The van der Waals surface area contributed by atoms with Gasteiger partial charge in [-0.3, -0.25) is 4.79 Å². The molecule has 98 valence electrons. The Morgan fingerprint density at radius 2 is 1.82 bits per heavy atom. The summed E-state index contributed by atoms with van der Waals surface area (Å²) in [5.41, 5.74) is 0. The molecule has 6 heteroatoms. The number of carbonyl (C=O) groups is 1. The Hall–Kier alpha value is -0.620. The zero-order valence-corrected chi connectivity index (χ0v) is 10.7. The molecular formula is C11H19NO4S. The zero-order chi connectivity index (χ0) is 12.5. The molecule has 0 bridgehead atoms. The molecule has 1 saturated heterocycles. The van der Waals surface area contributed by atoms with Crippen LogP contribution in [0.15, 0.2) is 0 Å². The van der Waals surface area contributed by atoms with Crippen LogP contribution < -0.4 is 0 Å². The number of carboxylic acid groups (broad SMARTS) is 1. The lowest BCUT2D eigenvalue weighted by atomic mass is 9.97. The van der Waals surface area contributed by atoms with Crippen LogP contribution in [0, 0.1) is 5.92 Å². The molecular weight excluding hydrogens is 242 g/mol. The summed E-state index contributed by atoms with van der Waals surface area (Å²) < 4.78 is 25.4. The number of nitrogens with zero attached hydrogens (tertiary/aromatic N) is 1. The van der Waals surface area contributed by atoms with Gasteiger partial charge in [-0.05, 0) is 31.6 Å². The molecule has 0 aromatic rings. The lowest BCUT2D eigenvalue weighted by molar-refractivity contribution is -0.134. The fraction of sp³-hybridized carbons (Fsp3) is 0.909. The second-order valence-electron chi connectivity index (χ2n) is 5.01. The van der Waals surface area contributed by atoms with Crippen LogP contribution in [-0.4, -0.2) is 42.1 Å². The van der Waals surface area contributed by atoms with E-state index in [9.17, 15) is 13.2 Å². The van der Waals surface area contributed by atoms with E-state index in [1.54, 1.807) is 0 Å². The summed E-state index contributed by atoms with van der Waals surface area (Å²) in [5, 5.41) is 8.66. The zero-order valence-electron chi connectivity index (χ0n) is 9.84. The Kier molecular flexibility index (Phi) is 3.73. The average Bonchev–Trinajstić information content (AvgIpc) is 2.86. The molecule has 1 N–H and O–H groups in total. The Morgan fingerprint density at radius 1 is 1.18 bits per heavy atom. The van der Waals surface area contributed by atoms with Gasteiger partial charge in [0.15, 0.2) is 5.75 Å². The number of sulfonamides is 1. The van der Waals surface area contributed by atoms with Crippen LogP contribution in [0.25, 0.3) is 0 Å². The van der Waals surface area contributed by atoms with Gasteiger partial charge in [0.05, 0.1) is 0 Å². The van der Waals surface area contributed by atoms with Crippen molar-refractivity contribution in [3.8, 4) is 0 Å². The SMILES string of the molecule is O=C(O)CS(=O)(=O)N1CCCC1C1CCCC1. The predicted molar refractivity (Wildman–Crippen MR) is 63.1 cm³/mol. The molecule has 17 heavy (non-hydrogen) atoms. The van der Waals surface area contributed by atoms with E-state index in [1.807, 2.05) is 0 Å². The summed E-state index contributed by atoms with van der Waals surface area (Å²) in [7, 11) is -3.61. The molecule has 5 nitrogen and oxygen atoms in total. The number of carboxylic acids is 1. The third-order valence-corrected chi connectivity index (χ3v) is 5.64. The lowest BCUT2D eigenvalue weighted by Gasteiger charge is -2.28. The third kappa shape index (κ3) is 2.80. The standard InChI is InChI=1S/C11H19NO4S/c13-11(14)8-17(15,16)12-7-3-6-10(12)9-4-1-2-5-9/h9-10H,1-8H2,(H,13,14). The van der Waals surface area contributed by atoms with Crippen molar-refractivity contribution in [2.24, 2.45) is 5.92 Å². The first-order valence-electron chi connectivity index (χ1n) is 6.22. The second kappa shape index (κ2) is 4.94. The van der Waals surface area contributed by atoms with Crippen molar-refractivity contribution < 1.29 is 18.3 Å². The molecule has 0 aromatic carbocycles. The van der Waals surface area contributed by atoms with Gasteiger partial charge < -0.3 is 5.11 Å². The van der Waals surface area contributed by atoms with Crippen molar-refractivity contribution in [1.82, 2.24) is 4.31 Å². The number of aliphatic carboxylic acids is 1. The molecule has 0 radical (unpaired) electrons. The van der Waals surface area contributed by atoms with Crippen LogP contribution in [0.4, 0.5) is 0 Å². The van der Waals surface area contributed by atoms with E-state index < -0.39 is 21.7 Å². The highest BCUT2D eigenvalue weighted by atomic mass is 32.2. The van der Waals surface area contributed by atoms with Crippen molar-refractivity contribution in [2.75, 3.05) is 12.3 Å². The Labute approximate surface area is 102 Å². The Balaban J connectivity index is 2.10. The molecule has 1 saturated carbocycles. The van der Waals surface area contributed by atoms with Gasteiger partial charge in [-0.25, -0.2) is 8.42 Å². The van der Waals surface area contributed by atoms with Gasteiger partial charge >= 0.3 is 5.97 Å². The van der Waals surface area contributed by atoms with Crippen LogP contribution >= 0.6 is 0 Å². The first-order valence-corrected chi connectivity index (χ1v) is 7.83. The van der Waals surface area contributed by atoms with Crippen LogP contribution in [0.5, 0.6) is 0 Å². The third-order valence-electron chi connectivity index (χ3n) is 3.86. The predicted octanol–water partition coefficient (Wildman–Crippen LogP) is 1.06. The minimum absolute atomic E-state index is 0.0573. The monoisotopic (exact) mass is 261 g/mol. The van der Waals surface area contributed by atoms with E-state index in [4.69, 9.17) is 5.11 Å². The van der Waals surface area contributed by atoms with Gasteiger partial charge in [0.25, 0.3) is 0 Å². The number of rotatable bonds is 4. The van der Waals surface area contributed by atoms with E-state index in [2.05, 4.69) is 0 Å². The number of hydrogen-bond donors (Lipinski definition) is 1. The summed E-state index contributed by atoms with van der Waals surface area (Å²) in [5.74, 6) is -1.58. The van der Waals surface area contributed by atoms with Crippen LogP contribution in [0.1, 0.15) is 38.5 Å². The van der Waals surface area contributed by atoms with Crippen LogP contribution in [0.3, 0.4) is 0 Å². The van der Waals surface area contributed by atoms with Gasteiger partial charge in [0.1, 0.15) is 0 Å². The van der Waals surface area contributed by atoms with Gasteiger partial charge in [-0.1, -0.05) is 12.8 Å². The van der Waals surface area contributed by atoms with E-state index >= 15 is 0 Å². The van der Waals surface area contributed by atoms with Gasteiger partial charge in [-0.2, -0.15) is 4.31 Å². The first-order chi connectivity index (χ1) is 8.00. The fourth-order valence-electron chi connectivity index (χ4n) is 3.16. The van der Waals surface area contributed by atoms with E-state index in [1.165, 1.54) is 17.1 Å². The maximum atomic E-state index is 12.0. The van der Waals surface area contributed by atoms with Crippen molar-refractivity contribution in [1.29, 1.82) is 0 Å². The highest BCUT2D eigenvalue weighted by Gasteiger charge is 2.40. The van der Waals surface area contributed by atoms with Crippen molar-refractivity contribution in [3.63, 3.8) is 0 Å². The van der Waals surface area contributed by atoms with Crippen molar-refractivity contribution in [3.05, 3.63) is 0 Å². The molecule has 2 rings (SSSR count). The first kappa shape index (κ1) is 12.8. The minimum atomic E-state index is -3.61. The van der Waals surface area contributed by atoms with E-state index in [0.717, 1.165) is 25.7 Å². The molecule has 1 unspecified atom stereocenters. The molecule has 0 spiro atoms. The highest BCUT2D eigenvalue weighted by Crippen LogP contribution is 2.36. The maximum absolute atomic E-state index is 12.0. The van der Waals surface area contributed by atoms with Gasteiger partial charge in [0, 0.05) is 12.6 Å².